The fourth-order valence-electron chi connectivity index (χ4n) is 2.74. The lowest BCUT2D eigenvalue weighted by Crippen LogP contribution is -2.27. The molecule has 122 valence electrons. The maximum Gasteiger partial charge on any atom is 0.266 e. The molecule has 0 aliphatic carbocycles. The molecule has 1 aliphatic heterocycles. The van der Waals surface area contributed by atoms with Crippen molar-refractivity contribution in [3.8, 4) is 5.69 Å². The van der Waals surface area contributed by atoms with E-state index in [9.17, 15) is 4.79 Å². The van der Waals surface area contributed by atoms with Gasteiger partial charge < -0.3 is 4.57 Å². The first-order chi connectivity index (χ1) is 11.5. The van der Waals surface area contributed by atoms with Crippen LogP contribution in [-0.2, 0) is 4.79 Å². The van der Waals surface area contributed by atoms with E-state index in [-0.39, 0.29) is 5.91 Å². The molecule has 0 atom stereocenters. The molecule has 4 nitrogen and oxygen atoms in total. The Morgan fingerprint density at radius 3 is 2.88 bits per heavy atom. The molecule has 2 aromatic heterocycles. The van der Waals surface area contributed by atoms with Gasteiger partial charge in [0.1, 0.15) is 4.32 Å². The summed E-state index contributed by atoms with van der Waals surface area (Å²) in [5.41, 5.74) is 4.17. The Balaban J connectivity index is 1.99. The molecular weight excluding hydrogens is 338 g/mol. The average molecular weight is 355 g/mol. The predicted octanol–water partition coefficient (Wildman–Crippen LogP) is 3.88. The smallest absolute Gasteiger partial charge is 0.266 e. The molecule has 1 fully saturated rings. The molecule has 0 unspecified atom stereocenters. The standard InChI is InChI=1S/C18H17N3OS2/c1-4-8-20-17(22)16(24-18(20)23)10-14-9-12(2)21(13(14)3)15-6-5-7-19-11-15/h4-7,9-11H,1,8H2,2-3H3/b16-10-. The molecule has 3 heterocycles. The van der Waals surface area contributed by atoms with Crippen LogP contribution in [0.15, 0.2) is 48.2 Å². The molecule has 0 spiro atoms. The van der Waals surface area contributed by atoms with Crippen LogP contribution in [0.4, 0.5) is 0 Å². The van der Waals surface area contributed by atoms with Crippen molar-refractivity contribution in [2.75, 3.05) is 6.54 Å². The Bertz CT molecular complexity index is 853. The van der Waals surface area contributed by atoms with Crippen molar-refractivity contribution in [3.63, 3.8) is 0 Å². The molecule has 1 amide bonds. The summed E-state index contributed by atoms with van der Waals surface area (Å²) in [6, 6.07) is 6.00. The first-order valence-electron chi connectivity index (χ1n) is 7.48. The van der Waals surface area contributed by atoms with Gasteiger partial charge in [0.05, 0.1) is 16.8 Å². The zero-order valence-corrected chi connectivity index (χ0v) is 15.2. The molecule has 0 N–H and O–H groups in total. The van der Waals surface area contributed by atoms with Gasteiger partial charge >= 0.3 is 0 Å². The Labute approximate surface area is 150 Å². The number of thiocarbonyl (C=S) groups is 1. The molecule has 0 saturated carbocycles. The van der Waals surface area contributed by atoms with Crippen molar-refractivity contribution < 1.29 is 4.79 Å². The van der Waals surface area contributed by atoms with Gasteiger partial charge in [-0.05, 0) is 43.7 Å². The second-order valence-electron chi connectivity index (χ2n) is 5.45. The van der Waals surface area contributed by atoms with Gasteiger partial charge in [0, 0.05) is 24.1 Å². The van der Waals surface area contributed by atoms with E-state index in [2.05, 4.69) is 22.2 Å². The molecule has 24 heavy (non-hydrogen) atoms. The third kappa shape index (κ3) is 2.95. The third-order valence-electron chi connectivity index (χ3n) is 3.85. The van der Waals surface area contributed by atoms with Gasteiger partial charge in [0.15, 0.2) is 0 Å². The van der Waals surface area contributed by atoms with Crippen LogP contribution in [0.25, 0.3) is 11.8 Å². The van der Waals surface area contributed by atoms with Crippen LogP contribution < -0.4 is 0 Å². The number of carbonyl (C=O) groups is 1. The van der Waals surface area contributed by atoms with Gasteiger partial charge in [-0.1, -0.05) is 30.1 Å². The highest BCUT2D eigenvalue weighted by Crippen LogP contribution is 2.33. The lowest BCUT2D eigenvalue weighted by molar-refractivity contribution is -0.121. The van der Waals surface area contributed by atoms with E-state index in [0.717, 1.165) is 22.6 Å². The van der Waals surface area contributed by atoms with Crippen LogP contribution in [0.1, 0.15) is 17.0 Å². The lowest BCUT2D eigenvalue weighted by Gasteiger charge is -2.10. The summed E-state index contributed by atoms with van der Waals surface area (Å²) in [4.78, 5) is 18.9. The van der Waals surface area contributed by atoms with Crippen molar-refractivity contribution in [2.45, 2.75) is 13.8 Å². The highest BCUT2D eigenvalue weighted by molar-refractivity contribution is 8.26. The molecular formula is C18H17N3OS2. The number of carbonyl (C=O) groups excluding carboxylic acids is 1. The van der Waals surface area contributed by atoms with E-state index in [1.807, 2.05) is 38.3 Å². The SMILES string of the molecule is C=CCN1C(=O)/C(=C/c2cc(C)n(-c3cccnc3)c2C)SC1=S. The van der Waals surface area contributed by atoms with Gasteiger partial charge in [0.2, 0.25) is 0 Å². The number of hydrogen-bond acceptors (Lipinski definition) is 4. The molecule has 0 radical (unpaired) electrons. The summed E-state index contributed by atoms with van der Waals surface area (Å²) in [6.45, 7) is 8.19. The van der Waals surface area contributed by atoms with E-state index >= 15 is 0 Å². The summed E-state index contributed by atoms with van der Waals surface area (Å²) in [5, 5.41) is 0. The summed E-state index contributed by atoms with van der Waals surface area (Å²) < 4.78 is 2.70. The van der Waals surface area contributed by atoms with Crippen molar-refractivity contribution in [3.05, 3.63) is 65.1 Å². The predicted molar refractivity (Wildman–Crippen MR) is 103 cm³/mol. The van der Waals surface area contributed by atoms with Crippen LogP contribution in [0.5, 0.6) is 0 Å². The van der Waals surface area contributed by atoms with Gasteiger partial charge in [-0.2, -0.15) is 0 Å². The van der Waals surface area contributed by atoms with E-state index < -0.39 is 0 Å². The molecule has 2 aromatic rings. The van der Waals surface area contributed by atoms with E-state index in [1.165, 1.54) is 11.8 Å². The van der Waals surface area contributed by atoms with E-state index in [4.69, 9.17) is 12.2 Å². The number of hydrogen-bond donors (Lipinski definition) is 0. The maximum absolute atomic E-state index is 12.5. The Morgan fingerprint density at radius 2 is 2.21 bits per heavy atom. The molecule has 1 aliphatic rings. The minimum atomic E-state index is -0.0592. The Kier molecular flexibility index (Phi) is 4.69. The van der Waals surface area contributed by atoms with Crippen LogP contribution in [0, 0.1) is 13.8 Å². The quantitative estimate of drug-likeness (QED) is 0.474. The van der Waals surface area contributed by atoms with Crippen molar-refractivity contribution >= 4 is 40.3 Å². The number of rotatable bonds is 4. The zero-order valence-electron chi connectivity index (χ0n) is 13.5. The molecule has 6 heteroatoms. The second kappa shape index (κ2) is 6.75. The van der Waals surface area contributed by atoms with Gasteiger partial charge in [-0.25, -0.2) is 0 Å². The number of pyridine rings is 1. The normalized spacial score (nSPS) is 16.2. The molecule has 0 bridgehead atoms. The van der Waals surface area contributed by atoms with Gasteiger partial charge in [-0.3, -0.25) is 14.7 Å². The third-order valence-corrected chi connectivity index (χ3v) is 5.22. The largest absolute Gasteiger partial charge is 0.316 e. The number of aryl methyl sites for hydroxylation is 1. The number of nitrogens with zero attached hydrogens (tertiary/aromatic N) is 3. The Hall–Kier alpha value is -2.18. The number of amides is 1. The van der Waals surface area contributed by atoms with Crippen LogP contribution in [0.3, 0.4) is 0 Å². The van der Waals surface area contributed by atoms with Gasteiger partial charge in [0.25, 0.3) is 5.91 Å². The molecule has 3 rings (SSSR count). The first-order valence-corrected chi connectivity index (χ1v) is 8.71. The van der Waals surface area contributed by atoms with E-state index in [0.29, 0.717) is 15.8 Å². The zero-order chi connectivity index (χ0) is 17.3. The monoisotopic (exact) mass is 355 g/mol. The minimum absolute atomic E-state index is 0.0592. The number of thioether (sulfide) groups is 1. The maximum atomic E-state index is 12.5. The molecule has 1 saturated heterocycles. The summed E-state index contributed by atoms with van der Waals surface area (Å²) in [7, 11) is 0. The first kappa shape index (κ1) is 16.7. The Morgan fingerprint density at radius 1 is 1.42 bits per heavy atom. The highest BCUT2D eigenvalue weighted by Gasteiger charge is 2.31. The van der Waals surface area contributed by atoms with Crippen LogP contribution >= 0.6 is 24.0 Å². The summed E-state index contributed by atoms with van der Waals surface area (Å²) in [5.74, 6) is -0.0592. The van der Waals surface area contributed by atoms with Crippen molar-refractivity contribution in [1.29, 1.82) is 0 Å². The fraction of sp³-hybridized carbons (Fsp3) is 0.167. The minimum Gasteiger partial charge on any atom is -0.316 e. The topological polar surface area (TPSA) is 38.1 Å². The van der Waals surface area contributed by atoms with Crippen molar-refractivity contribution in [2.24, 2.45) is 0 Å². The summed E-state index contributed by atoms with van der Waals surface area (Å²) in [6.07, 6.45) is 7.18. The van der Waals surface area contributed by atoms with E-state index in [1.54, 1.807) is 17.2 Å². The van der Waals surface area contributed by atoms with Crippen LogP contribution in [-0.4, -0.2) is 31.2 Å². The molecule has 0 aromatic carbocycles. The second-order valence-corrected chi connectivity index (χ2v) is 7.13. The highest BCUT2D eigenvalue weighted by atomic mass is 32.2. The lowest BCUT2D eigenvalue weighted by atomic mass is 10.2. The van der Waals surface area contributed by atoms with Crippen molar-refractivity contribution in [1.82, 2.24) is 14.5 Å². The van der Waals surface area contributed by atoms with Crippen LogP contribution in [0.2, 0.25) is 0 Å². The fourth-order valence-corrected chi connectivity index (χ4v) is 4.01. The van der Waals surface area contributed by atoms with Gasteiger partial charge in [-0.15, -0.1) is 6.58 Å². The number of aromatic nitrogens is 2. The average Bonchev–Trinajstić information content (AvgIpc) is 2.99. The summed E-state index contributed by atoms with van der Waals surface area (Å²) >= 11 is 6.62.